The van der Waals surface area contributed by atoms with E-state index in [1.54, 1.807) is 30.3 Å². The van der Waals surface area contributed by atoms with Gasteiger partial charge in [0.05, 0.1) is 10.0 Å². The molecule has 0 saturated carbocycles. The lowest BCUT2D eigenvalue weighted by molar-refractivity contribution is -0.116. The maximum atomic E-state index is 11.6. The fourth-order valence-electron chi connectivity index (χ4n) is 2.05. The van der Waals surface area contributed by atoms with Crippen LogP contribution in [0.5, 0.6) is 11.5 Å². The van der Waals surface area contributed by atoms with E-state index in [-0.39, 0.29) is 10.9 Å². The van der Waals surface area contributed by atoms with Crippen LogP contribution in [0, 0.1) is 0 Å². The Labute approximate surface area is 135 Å². The molecule has 1 aliphatic heterocycles. The highest BCUT2D eigenvalue weighted by Gasteiger charge is 2.28. The van der Waals surface area contributed by atoms with Gasteiger partial charge >= 0.3 is 0 Å². The number of ether oxygens (including phenoxy) is 1. The number of hydrogen-bond donors (Lipinski definition) is 2. The van der Waals surface area contributed by atoms with Crippen molar-refractivity contribution in [1.82, 2.24) is 0 Å². The minimum Gasteiger partial charge on any atom is -0.454 e. The highest BCUT2D eigenvalue weighted by atomic mass is 35.5. The van der Waals surface area contributed by atoms with E-state index < -0.39 is 6.04 Å². The fraction of sp³-hybridized carbons (Fsp3) is 0.0714. The Bertz CT molecular complexity index is 749. The summed E-state index contributed by atoms with van der Waals surface area (Å²) in [5, 5.41) is 3.66. The van der Waals surface area contributed by atoms with Gasteiger partial charge in [0.25, 0.3) is 0 Å². The Morgan fingerprint density at radius 3 is 2.62 bits per heavy atom. The standard InChI is InChI=1S/C14H9Cl3N2O2/c15-7-2-1-3-10(12(7)17)21-11-5-9-6(4-8(11)16)13(18)14(20)19-9/h1-5,13H,18H2,(H,19,20). The third-order valence-electron chi connectivity index (χ3n) is 3.12. The second kappa shape index (κ2) is 5.39. The number of nitrogens with two attached hydrogens (primary N) is 1. The van der Waals surface area contributed by atoms with Crippen molar-refractivity contribution < 1.29 is 9.53 Å². The Morgan fingerprint density at radius 2 is 1.86 bits per heavy atom. The number of nitrogens with one attached hydrogen (secondary N) is 1. The predicted molar refractivity (Wildman–Crippen MR) is 83.5 cm³/mol. The molecule has 0 fully saturated rings. The average molecular weight is 344 g/mol. The van der Waals surface area contributed by atoms with Crippen molar-refractivity contribution in [3.63, 3.8) is 0 Å². The number of fused-ring (bicyclic) bond motifs is 1. The van der Waals surface area contributed by atoms with E-state index in [9.17, 15) is 4.79 Å². The van der Waals surface area contributed by atoms with Crippen molar-refractivity contribution in [3.8, 4) is 11.5 Å². The summed E-state index contributed by atoms with van der Waals surface area (Å²) in [5.74, 6) is 0.452. The molecule has 1 amide bonds. The second-order valence-electron chi connectivity index (χ2n) is 4.49. The molecule has 4 nitrogen and oxygen atoms in total. The Kier molecular flexibility index (Phi) is 3.71. The molecule has 2 aromatic rings. The van der Waals surface area contributed by atoms with Crippen LogP contribution in [0.2, 0.25) is 15.1 Å². The van der Waals surface area contributed by atoms with E-state index in [4.69, 9.17) is 45.3 Å². The van der Waals surface area contributed by atoms with Crippen molar-refractivity contribution >= 4 is 46.4 Å². The van der Waals surface area contributed by atoms with Gasteiger partial charge in [-0.3, -0.25) is 4.79 Å². The number of hydrogen-bond acceptors (Lipinski definition) is 3. The van der Waals surface area contributed by atoms with Crippen LogP contribution in [0.1, 0.15) is 11.6 Å². The van der Waals surface area contributed by atoms with Crippen LogP contribution in [0.15, 0.2) is 30.3 Å². The largest absolute Gasteiger partial charge is 0.454 e. The molecule has 0 spiro atoms. The van der Waals surface area contributed by atoms with Crippen LogP contribution < -0.4 is 15.8 Å². The van der Waals surface area contributed by atoms with E-state index in [1.807, 2.05) is 0 Å². The summed E-state index contributed by atoms with van der Waals surface area (Å²) in [7, 11) is 0. The smallest absolute Gasteiger partial charge is 0.245 e. The van der Waals surface area contributed by atoms with Crippen molar-refractivity contribution in [2.24, 2.45) is 5.73 Å². The van der Waals surface area contributed by atoms with Crippen LogP contribution in [0.25, 0.3) is 0 Å². The lowest BCUT2D eigenvalue weighted by atomic mass is 10.1. The van der Waals surface area contributed by atoms with Gasteiger partial charge in [-0.15, -0.1) is 0 Å². The van der Waals surface area contributed by atoms with Crippen molar-refractivity contribution in [2.75, 3.05) is 5.32 Å². The first-order valence-corrected chi connectivity index (χ1v) is 7.12. The molecule has 108 valence electrons. The molecule has 0 radical (unpaired) electrons. The number of anilines is 1. The van der Waals surface area contributed by atoms with Gasteiger partial charge in [0.15, 0.2) is 0 Å². The van der Waals surface area contributed by atoms with Gasteiger partial charge in [0.2, 0.25) is 5.91 Å². The number of halogens is 3. The minimum absolute atomic E-state index is 0.279. The zero-order valence-electron chi connectivity index (χ0n) is 10.5. The molecule has 0 aliphatic carbocycles. The van der Waals surface area contributed by atoms with Gasteiger partial charge in [0.1, 0.15) is 22.6 Å². The van der Waals surface area contributed by atoms with Crippen LogP contribution in [-0.4, -0.2) is 5.91 Å². The zero-order chi connectivity index (χ0) is 15.1. The molecule has 7 heteroatoms. The first-order valence-electron chi connectivity index (χ1n) is 5.99. The summed E-state index contributed by atoms with van der Waals surface area (Å²) >= 11 is 18.2. The number of rotatable bonds is 2. The summed E-state index contributed by atoms with van der Waals surface area (Å²) in [6.45, 7) is 0. The lowest BCUT2D eigenvalue weighted by Crippen LogP contribution is -2.19. The number of benzene rings is 2. The Hall–Kier alpha value is -1.46. The molecular formula is C14H9Cl3N2O2. The van der Waals surface area contributed by atoms with Crippen molar-refractivity contribution in [1.29, 1.82) is 0 Å². The SMILES string of the molecule is NC1C(=O)Nc2cc(Oc3cccc(Cl)c3Cl)c(Cl)cc21. The maximum absolute atomic E-state index is 11.6. The van der Waals surface area contributed by atoms with Crippen molar-refractivity contribution in [2.45, 2.75) is 6.04 Å². The highest BCUT2D eigenvalue weighted by Crippen LogP contribution is 2.41. The molecule has 0 saturated heterocycles. The molecule has 0 aromatic heterocycles. The minimum atomic E-state index is -0.721. The lowest BCUT2D eigenvalue weighted by Gasteiger charge is -2.12. The maximum Gasteiger partial charge on any atom is 0.245 e. The first kappa shape index (κ1) is 14.5. The third kappa shape index (κ3) is 2.56. The molecule has 2 aromatic carbocycles. The van der Waals surface area contributed by atoms with Crippen LogP contribution in [-0.2, 0) is 4.79 Å². The van der Waals surface area contributed by atoms with Gasteiger partial charge in [-0.2, -0.15) is 0 Å². The summed E-state index contributed by atoms with van der Waals surface area (Å²) < 4.78 is 5.68. The van der Waals surface area contributed by atoms with Gasteiger partial charge in [-0.05, 0) is 18.2 Å². The van der Waals surface area contributed by atoms with Gasteiger partial charge in [-0.1, -0.05) is 40.9 Å². The number of carbonyl (C=O) groups excluding carboxylic acids is 1. The van der Waals surface area contributed by atoms with Crippen LogP contribution >= 0.6 is 34.8 Å². The summed E-state index contributed by atoms with van der Waals surface area (Å²) in [5.41, 5.74) is 6.96. The highest BCUT2D eigenvalue weighted by molar-refractivity contribution is 6.43. The fourth-order valence-corrected chi connectivity index (χ4v) is 2.59. The van der Waals surface area contributed by atoms with E-state index in [2.05, 4.69) is 5.32 Å². The molecule has 1 aliphatic rings. The average Bonchev–Trinajstić information content (AvgIpc) is 2.71. The molecular weight excluding hydrogens is 335 g/mol. The van der Waals surface area contributed by atoms with Gasteiger partial charge < -0.3 is 15.8 Å². The normalized spacial score (nSPS) is 16.6. The molecule has 21 heavy (non-hydrogen) atoms. The zero-order valence-corrected chi connectivity index (χ0v) is 12.8. The molecule has 1 atom stereocenters. The summed E-state index contributed by atoms with van der Waals surface area (Å²) in [6, 6.07) is 7.53. The van der Waals surface area contributed by atoms with Crippen molar-refractivity contribution in [3.05, 3.63) is 51.0 Å². The van der Waals surface area contributed by atoms with Gasteiger partial charge in [-0.25, -0.2) is 0 Å². The van der Waals surface area contributed by atoms with Crippen LogP contribution in [0.4, 0.5) is 5.69 Å². The second-order valence-corrected chi connectivity index (χ2v) is 5.68. The summed E-state index contributed by atoms with van der Waals surface area (Å²) in [6.07, 6.45) is 0. The molecule has 3 N–H and O–H groups in total. The molecule has 1 heterocycles. The topological polar surface area (TPSA) is 64.4 Å². The molecule has 3 rings (SSSR count). The Balaban J connectivity index is 1.99. The predicted octanol–water partition coefficient (Wildman–Crippen LogP) is 4.39. The van der Waals surface area contributed by atoms with Gasteiger partial charge in [0, 0.05) is 17.3 Å². The van der Waals surface area contributed by atoms with E-state index in [0.717, 1.165) is 0 Å². The van der Waals surface area contributed by atoms with E-state index in [1.165, 1.54) is 0 Å². The van der Waals surface area contributed by atoms with Crippen LogP contribution in [0.3, 0.4) is 0 Å². The van der Waals surface area contributed by atoms with E-state index in [0.29, 0.717) is 32.8 Å². The van der Waals surface area contributed by atoms with E-state index >= 15 is 0 Å². The molecule has 1 unspecified atom stereocenters. The monoisotopic (exact) mass is 342 g/mol. The molecule has 0 bridgehead atoms. The Morgan fingerprint density at radius 1 is 1.10 bits per heavy atom. The quantitative estimate of drug-likeness (QED) is 0.850. The third-order valence-corrected chi connectivity index (χ3v) is 4.21. The number of carbonyl (C=O) groups is 1. The number of amides is 1. The first-order chi connectivity index (χ1) is 9.97. The summed E-state index contributed by atoms with van der Waals surface area (Å²) in [4.78, 5) is 11.6.